The largest absolute Gasteiger partial charge is 0.387 e. The van der Waals surface area contributed by atoms with E-state index in [0.717, 1.165) is 12.1 Å². The lowest BCUT2D eigenvalue weighted by molar-refractivity contribution is -0.0613. The zero-order valence-electron chi connectivity index (χ0n) is 9.73. The smallest absolute Gasteiger partial charge is 0.244 e. The van der Waals surface area contributed by atoms with E-state index in [1.807, 2.05) is 0 Å². The molecule has 1 aliphatic heterocycles. The molecule has 0 atom stereocenters. The van der Waals surface area contributed by atoms with Gasteiger partial charge < -0.3 is 5.11 Å². The fourth-order valence-corrected chi connectivity index (χ4v) is 4.44. The third kappa shape index (κ3) is 2.32. The molecule has 1 heterocycles. The molecule has 0 aromatic heterocycles. The summed E-state index contributed by atoms with van der Waals surface area (Å²) in [7, 11) is -3.67. The fourth-order valence-electron chi connectivity index (χ4n) is 1.83. The first-order valence-electron chi connectivity index (χ1n) is 5.46. The van der Waals surface area contributed by atoms with E-state index in [9.17, 15) is 17.9 Å². The van der Waals surface area contributed by atoms with Gasteiger partial charge in [-0.2, -0.15) is 4.31 Å². The Labute approximate surface area is 114 Å². The molecule has 7 heteroatoms. The highest BCUT2D eigenvalue weighted by atomic mass is 79.9. The summed E-state index contributed by atoms with van der Waals surface area (Å²) in [5, 5.41) is 9.83. The van der Waals surface area contributed by atoms with Crippen LogP contribution in [0.4, 0.5) is 4.39 Å². The summed E-state index contributed by atoms with van der Waals surface area (Å²) in [5.74, 6) is -0.505. The maximum atomic E-state index is 12.9. The summed E-state index contributed by atoms with van der Waals surface area (Å²) in [4.78, 5) is 0.0158. The Morgan fingerprint density at radius 3 is 2.61 bits per heavy atom. The minimum Gasteiger partial charge on any atom is -0.387 e. The normalized spacial score (nSPS) is 19.6. The Hall–Kier alpha value is -0.500. The zero-order valence-corrected chi connectivity index (χ0v) is 12.1. The SMILES string of the molecule is CCC1(O)CN(S(=O)(=O)c2ccc(F)cc2Br)C1. The maximum absolute atomic E-state index is 12.9. The van der Waals surface area contributed by atoms with Gasteiger partial charge in [-0.1, -0.05) is 6.92 Å². The molecule has 0 unspecified atom stereocenters. The maximum Gasteiger partial charge on any atom is 0.244 e. The third-order valence-electron chi connectivity index (χ3n) is 3.11. The van der Waals surface area contributed by atoms with Crippen molar-refractivity contribution in [1.82, 2.24) is 4.31 Å². The first-order chi connectivity index (χ1) is 8.28. The second-order valence-corrected chi connectivity index (χ2v) is 7.19. The molecule has 100 valence electrons. The summed E-state index contributed by atoms with van der Waals surface area (Å²) < 4.78 is 38.7. The van der Waals surface area contributed by atoms with Gasteiger partial charge in [0.15, 0.2) is 0 Å². The number of halogens is 2. The second-order valence-electron chi connectivity index (χ2n) is 4.43. The number of rotatable bonds is 3. The molecule has 0 amide bonds. The van der Waals surface area contributed by atoms with Gasteiger partial charge in [-0.3, -0.25) is 0 Å². The van der Waals surface area contributed by atoms with Crippen molar-refractivity contribution in [1.29, 1.82) is 0 Å². The summed E-state index contributed by atoms with van der Waals surface area (Å²) in [6, 6.07) is 3.43. The third-order valence-corrected chi connectivity index (χ3v) is 5.88. The number of aliphatic hydroxyl groups is 1. The first-order valence-corrected chi connectivity index (χ1v) is 7.69. The van der Waals surface area contributed by atoms with E-state index in [4.69, 9.17) is 0 Å². The molecule has 1 aromatic carbocycles. The molecule has 1 saturated heterocycles. The molecule has 0 spiro atoms. The van der Waals surface area contributed by atoms with E-state index in [1.165, 1.54) is 10.4 Å². The number of sulfonamides is 1. The molecule has 0 aliphatic carbocycles. The van der Waals surface area contributed by atoms with Crippen LogP contribution in [-0.4, -0.2) is 36.5 Å². The second kappa shape index (κ2) is 4.56. The van der Waals surface area contributed by atoms with Crippen LogP contribution >= 0.6 is 15.9 Å². The topological polar surface area (TPSA) is 57.6 Å². The average Bonchev–Trinajstić information content (AvgIpc) is 2.24. The van der Waals surface area contributed by atoms with Crippen LogP contribution < -0.4 is 0 Å². The van der Waals surface area contributed by atoms with Gasteiger partial charge in [0.05, 0.1) is 10.5 Å². The Morgan fingerprint density at radius 2 is 2.11 bits per heavy atom. The van der Waals surface area contributed by atoms with Crippen molar-refractivity contribution in [3.8, 4) is 0 Å². The number of hydrogen-bond acceptors (Lipinski definition) is 3. The molecule has 0 bridgehead atoms. The van der Waals surface area contributed by atoms with Crippen LogP contribution in [0, 0.1) is 5.82 Å². The first kappa shape index (κ1) is 13.9. The molecule has 1 aliphatic rings. The standard InChI is InChI=1S/C11H13BrFNO3S/c1-2-11(15)6-14(7-11)18(16,17)10-4-3-8(13)5-9(10)12/h3-5,15H,2,6-7H2,1H3. The molecular weight excluding hydrogens is 325 g/mol. The average molecular weight is 338 g/mol. The van der Waals surface area contributed by atoms with Crippen LogP contribution in [-0.2, 0) is 10.0 Å². The van der Waals surface area contributed by atoms with Crippen molar-refractivity contribution in [3.05, 3.63) is 28.5 Å². The molecule has 18 heavy (non-hydrogen) atoms. The molecule has 0 saturated carbocycles. The number of hydrogen-bond donors (Lipinski definition) is 1. The highest BCUT2D eigenvalue weighted by Crippen LogP contribution is 2.33. The van der Waals surface area contributed by atoms with Crippen molar-refractivity contribution < 1.29 is 17.9 Å². The molecule has 1 aromatic rings. The van der Waals surface area contributed by atoms with E-state index in [2.05, 4.69) is 15.9 Å². The molecule has 2 rings (SSSR count). The van der Waals surface area contributed by atoms with Crippen molar-refractivity contribution in [2.24, 2.45) is 0 Å². The van der Waals surface area contributed by atoms with Crippen LogP contribution in [0.2, 0.25) is 0 Å². The highest BCUT2D eigenvalue weighted by Gasteiger charge is 2.46. The van der Waals surface area contributed by atoms with E-state index in [0.29, 0.717) is 6.42 Å². The van der Waals surface area contributed by atoms with Gasteiger partial charge in [-0.25, -0.2) is 12.8 Å². The van der Waals surface area contributed by atoms with E-state index in [1.54, 1.807) is 6.92 Å². The minimum atomic E-state index is -3.67. The Morgan fingerprint density at radius 1 is 1.50 bits per heavy atom. The molecular formula is C11H13BrFNO3S. The number of β-amino-alcohol motifs (C(OH)–C–C–N with tert-alkyl or cyclic N) is 1. The Balaban J connectivity index is 2.28. The van der Waals surface area contributed by atoms with E-state index in [-0.39, 0.29) is 22.5 Å². The van der Waals surface area contributed by atoms with Gasteiger partial charge in [0.2, 0.25) is 10.0 Å². The molecule has 1 fully saturated rings. The quantitative estimate of drug-likeness (QED) is 0.913. The monoisotopic (exact) mass is 337 g/mol. The number of nitrogens with zero attached hydrogens (tertiary/aromatic N) is 1. The van der Waals surface area contributed by atoms with E-state index < -0.39 is 21.4 Å². The van der Waals surface area contributed by atoms with Crippen LogP contribution in [0.3, 0.4) is 0 Å². The number of benzene rings is 1. The van der Waals surface area contributed by atoms with Crippen LogP contribution in [0.15, 0.2) is 27.6 Å². The van der Waals surface area contributed by atoms with Crippen molar-refractivity contribution >= 4 is 26.0 Å². The summed E-state index contributed by atoms with van der Waals surface area (Å²) in [6.45, 7) is 1.96. The van der Waals surface area contributed by atoms with Gasteiger partial charge in [-0.15, -0.1) is 0 Å². The predicted octanol–water partition coefficient (Wildman–Crippen LogP) is 1.73. The van der Waals surface area contributed by atoms with Crippen LogP contribution in [0.1, 0.15) is 13.3 Å². The molecule has 1 N–H and O–H groups in total. The minimum absolute atomic E-state index is 0.0158. The van der Waals surface area contributed by atoms with Crippen LogP contribution in [0.25, 0.3) is 0 Å². The molecule has 4 nitrogen and oxygen atoms in total. The van der Waals surface area contributed by atoms with Gasteiger partial charge in [0, 0.05) is 17.6 Å². The molecule has 0 radical (unpaired) electrons. The van der Waals surface area contributed by atoms with Crippen molar-refractivity contribution in [2.75, 3.05) is 13.1 Å². The highest BCUT2D eigenvalue weighted by molar-refractivity contribution is 9.10. The van der Waals surface area contributed by atoms with Gasteiger partial charge >= 0.3 is 0 Å². The van der Waals surface area contributed by atoms with Gasteiger partial charge in [0.25, 0.3) is 0 Å². The summed E-state index contributed by atoms with van der Waals surface area (Å²) >= 11 is 3.04. The predicted molar refractivity (Wildman–Crippen MR) is 68.1 cm³/mol. The van der Waals surface area contributed by atoms with E-state index >= 15 is 0 Å². The van der Waals surface area contributed by atoms with Crippen LogP contribution in [0.5, 0.6) is 0 Å². The Bertz CT molecular complexity index is 570. The summed E-state index contributed by atoms with van der Waals surface area (Å²) in [5.41, 5.74) is -0.931. The lowest BCUT2D eigenvalue weighted by Gasteiger charge is -2.44. The van der Waals surface area contributed by atoms with Crippen molar-refractivity contribution in [3.63, 3.8) is 0 Å². The fraction of sp³-hybridized carbons (Fsp3) is 0.455. The van der Waals surface area contributed by atoms with Crippen molar-refractivity contribution in [2.45, 2.75) is 23.8 Å². The lowest BCUT2D eigenvalue weighted by Crippen LogP contribution is -2.62. The summed E-state index contributed by atoms with van der Waals surface area (Å²) in [6.07, 6.45) is 0.504. The van der Waals surface area contributed by atoms with Gasteiger partial charge in [0.1, 0.15) is 5.82 Å². The lowest BCUT2D eigenvalue weighted by atomic mass is 9.94. The Kier molecular flexibility index (Phi) is 3.52. The van der Waals surface area contributed by atoms with Gasteiger partial charge in [-0.05, 0) is 40.5 Å². The zero-order chi connectivity index (χ0) is 13.6.